The molecule has 2 aromatic heterocycles. The van der Waals surface area contributed by atoms with Crippen molar-refractivity contribution < 1.29 is 9.15 Å². The molecule has 5 nitrogen and oxygen atoms in total. The van der Waals surface area contributed by atoms with Crippen LogP contribution in [0.2, 0.25) is 0 Å². The van der Waals surface area contributed by atoms with Gasteiger partial charge in [0.05, 0.1) is 6.20 Å². The number of hydrogen-bond donors (Lipinski definition) is 1. The summed E-state index contributed by atoms with van der Waals surface area (Å²) >= 11 is 0. The third-order valence-corrected chi connectivity index (χ3v) is 5.32. The number of hydrogen-bond acceptors (Lipinski definition) is 5. The highest BCUT2D eigenvalue weighted by atomic mass is 16.5. The van der Waals surface area contributed by atoms with Gasteiger partial charge in [0, 0.05) is 24.2 Å². The number of ether oxygens (including phenoxy) is 1. The Labute approximate surface area is 169 Å². The Hall–Kier alpha value is -3.18. The van der Waals surface area contributed by atoms with Crippen molar-refractivity contribution in [1.29, 1.82) is 0 Å². The van der Waals surface area contributed by atoms with Crippen molar-refractivity contribution in [3.63, 3.8) is 0 Å². The van der Waals surface area contributed by atoms with Crippen molar-refractivity contribution in [3.05, 3.63) is 78.4 Å². The second-order valence-electron chi connectivity index (χ2n) is 7.44. The van der Waals surface area contributed by atoms with Gasteiger partial charge in [-0.1, -0.05) is 36.4 Å². The number of oxazole rings is 1. The minimum atomic E-state index is 0.467. The predicted octanol–water partition coefficient (Wildman–Crippen LogP) is 4.42. The summed E-state index contributed by atoms with van der Waals surface area (Å²) in [7, 11) is 0. The van der Waals surface area contributed by atoms with E-state index in [1.807, 2.05) is 30.5 Å². The van der Waals surface area contributed by atoms with Crippen LogP contribution in [0.15, 0.2) is 71.4 Å². The predicted molar refractivity (Wildman–Crippen MR) is 113 cm³/mol. The van der Waals surface area contributed by atoms with Crippen LogP contribution in [0.25, 0.3) is 22.2 Å². The Balaban J connectivity index is 1.27. The normalized spacial score (nSPS) is 15.9. The minimum Gasteiger partial charge on any atom is -0.490 e. The Morgan fingerprint density at radius 3 is 2.79 bits per heavy atom. The van der Waals surface area contributed by atoms with Gasteiger partial charge in [0.2, 0.25) is 0 Å². The molecule has 2 aromatic carbocycles. The number of nitrogens with one attached hydrogen (secondary N) is 1. The van der Waals surface area contributed by atoms with E-state index in [0.29, 0.717) is 12.6 Å². The zero-order valence-corrected chi connectivity index (χ0v) is 16.2. The highest BCUT2D eigenvalue weighted by Gasteiger charge is 2.16. The monoisotopic (exact) mass is 385 g/mol. The fourth-order valence-corrected chi connectivity index (χ4v) is 3.53. The molecular weight excluding hydrogens is 362 g/mol. The molecule has 4 aromatic rings. The van der Waals surface area contributed by atoms with Gasteiger partial charge in [-0.15, -0.1) is 0 Å². The van der Waals surface area contributed by atoms with Crippen molar-refractivity contribution in [2.75, 3.05) is 13.2 Å². The van der Waals surface area contributed by atoms with Gasteiger partial charge in [0.1, 0.15) is 17.9 Å². The molecule has 0 saturated carbocycles. The maximum absolute atomic E-state index is 5.89. The molecule has 1 saturated heterocycles. The molecule has 0 aliphatic carbocycles. The molecular formula is C24H23N3O2. The summed E-state index contributed by atoms with van der Waals surface area (Å²) in [6.07, 6.45) is 6.48. The van der Waals surface area contributed by atoms with Crippen molar-refractivity contribution in [3.8, 4) is 16.9 Å². The number of benzene rings is 2. The van der Waals surface area contributed by atoms with E-state index in [2.05, 4.69) is 45.6 Å². The molecule has 1 unspecified atom stereocenters. The Morgan fingerprint density at radius 1 is 1.00 bits per heavy atom. The molecule has 3 heterocycles. The van der Waals surface area contributed by atoms with Gasteiger partial charge in [-0.3, -0.25) is 4.98 Å². The molecule has 146 valence electrons. The summed E-state index contributed by atoms with van der Waals surface area (Å²) < 4.78 is 11.7. The molecule has 0 radical (unpaired) electrons. The fourth-order valence-electron chi connectivity index (χ4n) is 3.53. The topological polar surface area (TPSA) is 60.2 Å². The first-order valence-corrected chi connectivity index (χ1v) is 10.1. The molecule has 1 fully saturated rings. The first-order chi connectivity index (χ1) is 14.3. The molecule has 1 aliphatic rings. The van der Waals surface area contributed by atoms with Crippen LogP contribution < -0.4 is 10.1 Å². The third-order valence-electron chi connectivity index (χ3n) is 5.32. The first-order valence-electron chi connectivity index (χ1n) is 10.1. The molecule has 1 atom stereocenters. The zero-order valence-electron chi connectivity index (χ0n) is 16.2. The fraction of sp³-hybridized carbons (Fsp3) is 0.250. The second-order valence-corrected chi connectivity index (χ2v) is 7.44. The standard InChI is InChI=1S/C24H23N3O2/c1-2-7-23-22(6-1)27-24(29-23)9-8-17-4-3-5-18(12-17)19-13-21(15-25-14-19)28-16-20-10-11-26-20/h1-7,12-15,20,26H,8-11,16H2. The minimum absolute atomic E-state index is 0.467. The molecule has 1 aliphatic heterocycles. The summed E-state index contributed by atoms with van der Waals surface area (Å²) in [5.74, 6) is 1.59. The number of rotatable bonds is 7. The van der Waals surface area contributed by atoms with Crippen LogP contribution in [0.1, 0.15) is 17.9 Å². The van der Waals surface area contributed by atoms with Crippen LogP contribution in [0.3, 0.4) is 0 Å². The van der Waals surface area contributed by atoms with Crippen molar-refractivity contribution in [2.24, 2.45) is 0 Å². The van der Waals surface area contributed by atoms with Crippen molar-refractivity contribution in [1.82, 2.24) is 15.3 Å². The lowest BCUT2D eigenvalue weighted by molar-refractivity contribution is 0.217. The van der Waals surface area contributed by atoms with Crippen LogP contribution in [-0.2, 0) is 12.8 Å². The Morgan fingerprint density at radius 2 is 1.93 bits per heavy atom. The maximum Gasteiger partial charge on any atom is 0.195 e. The largest absolute Gasteiger partial charge is 0.490 e. The number of fused-ring (bicyclic) bond motifs is 1. The number of pyridine rings is 1. The second kappa shape index (κ2) is 8.05. The summed E-state index contributed by atoms with van der Waals surface area (Å²) in [4.78, 5) is 8.93. The average molecular weight is 385 g/mol. The Kier molecular flexibility index (Phi) is 4.97. The molecule has 0 amide bonds. The van der Waals surface area contributed by atoms with Crippen LogP contribution in [0, 0.1) is 0 Å². The highest BCUT2D eigenvalue weighted by Crippen LogP contribution is 2.25. The van der Waals surface area contributed by atoms with Gasteiger partial charge in [0.15, 0.2) is 11.5 Å². The lowest BCUT2D eigenvalue weighted by Gasteiger charge is -2.27. The number of nitrogens with zero attached hydrogens (tertiary/aromatic N) is 2. The summed E-state index contributed by atoms with van der Waals surface area (Å²) in [5.41, 5.74) is 5.20. The summed E-state index contributed by atoms with van der Waals surface area (Å²) in [6, 6.07) is 18.9. The molecule has 5 heteroatoms. The maximum atomic E-state index is 5.89. The van der Waals surface area contributed by atoms with E-state index in [4.69, 9.17) is 9.15 Å². The van der Waals surface area contributed by atoms with Gasteiger partial charge >= 0.3 is 0 Å². The quantitative estimate of drug-likeness (QED) is 0.510. The average Bonchev–Trinajstić information content (AvgIpc) is 3.15. The van der Waals surface area contributed by atoms with E-state index in [-0.39, 0.29) is 0 Å². The van der Waals surface area contributed by atoms with Gasteiger partial charge < -0.3 is 14.5 Å². The summed E-state index contributed by atoms with van der Waals surface area (Å²) in [6.45, 7) is 1.78. The molecule has 0 spiro atoms. The van der Waals surface area contributed by atoms with E-state index in [1.165, 1.54) is 12.0 Å². The van der Waals surface area contributed by atoms with E-state index < -0.39 is 0 Å². The molecule has 5 rings (SSSR count). The van der Waals surface area contributed by atoms with Crippen molar-refractivity contribution >= 4 is 11.1 Å². The van der Waals surface area contributed by atoms with Crippen LogP contribution >= 0.6 is 0 Å². The first kappa shape index (κ1) is 17.9. The molecule has 1 N–H and O–H groups in total. The lowest BCUT2D eigenvalue weighted by Crippen LogP contribution is -2.46. The lowest BCUT2D eigenvalue weighted by atomic mass is 10.0. The van der Waals surface area contributed by atoms with Crippen LogP contribution in [0.4, 0.5) is 0 Å². The molecule has 29 heavy (non-hydrogen) atoms. The van der Waals surface area contributed by atoms with E-state index in [0.717, 1.165) is 53.3 Å². The summed E-state index contributed by atoms with van der Waals surface area (Å²) in [5, 5.41) is 3.35. The number of aryl methyl sites for hydroxylation is 2. The van der Waals surface area contributed by atoms with E-state index in [9.17, 15) is 0 Å². The van der Waals surface area contributed by atoms with E-state index >= 15 is 0 Å². The Bertz CT molecular complexity index is 1080. The van der Waals surface area contributed by atoms with Crippen LogP contribution in [-0.4, -0.2) is 29.2 Å². The zero-order chi connectivity index (χ0) is 19.5. The smallest absolute Gasteiger partial charge is 0.195 e. The SMILES string of the molecule is c1cc(CCc2nc3ccccc3o2)cc(-c2cncc(OCC3CCN3)c2)c1. The van der Waals surface area contributed by atoms with Gasteiger partial charge in [0.25, 0.3) is 0 Å². The van der Waals surface area contributed by atoms with E-state index in [1.54, 1.807) is 6.20 Å². The number of para-hydroxylation sites is 2. The third kappa shape index (κ3) is 4.15. The number of aromatic nitrogens is 2. The van der Waals surface area contributed by atoms with Crippen molar-refractivity contribution in [2.45, 2.75) is 25.3 Å². The van der Waals surface area contributed by atoms with Crippen LogP contribution in [0.5, 0.6) is 5.75 Å². The van der Waals surface area contributed by atoms with Gasteiger partial charge in [-0.05, 0) is 48.7 Å². The molecule has 0 bridgehead atoms. The van der Waals surface area contributed by atoms with Gasteiger partial charge in [-0.25, -0.2) is 4.98 Å². The van der Waals surface area contributed by atoms with Gasteiger partial charge in [-0.2, -0.15) is 0 Å². The highest BCUT2D eigenvalue weighted by molar-refractivity contribution is 5.72.